The number of unbranched alkanes of at least 4 members (excludes halogenated alkanes) is 3. The lowest BCUT2D eigenvalue weighted by Crippen LogP contribution is -2.03. The Morgan fingerprint density at radius 1 is 1.36 bits per heavy atom. The summed E-state index contributed by atoms with van der Waals surface area (Å²) in [4.78, 5) is 8.78. The van der Waals surface area contributed by atoms with Crippen LogP contribution in [0, 0.1) is 0 Å². The lowest BCUT2D eigenvalue weighted by molar-refractivity contribution is 0.205. The summed E-state index contributed by atoms with van der Waals surface area (Å²) in [6.07, 6.45) is 3.83. The largest absolute Gasteiger partial charge is 0.465 e. The lowest BCUT2D eigenvalue weighted by atomic mass is 10.2. The molecule has 5 N–H and O–H groups in total. The monoisotopic (exact) mass is 162 g/mol. The molecule has 0 atom stereocenters. The third-order valence-electron chi connectivity index (χ3n) is 1.06. The third-order valence-corrected chi connectivity index (χ3v) is 1.06. The van der Waals surface area contributed by atoms with Crippen molar-refractivity contribution in [2.75, 3.05) is 6.54 Å². The molecule has 0 aliphatic carbocycles. The summed E-state index contributed by atoms with van der Waals surface area (Å²) in [5.74, 6) is 0. The van der Waals surface area contributed by atoms with E-state index in [1.807, 2.05) is 0 Å². The Morgan fingerprint density at radius 3 is 2.09 bits per heavy atom. The first-order valence-corrected chi connectivity index (χ1v) is 3.83. The van der Waals surface area contributed by atoms with E-state index >= 15 is 0 Å². The van der Waals surface area contributed by atoms with Gasteiger partial charge in [0.05, 0.1) is 0 Å². The van der Waals surface area contributed by atoms with Crippen molar-refractivity contribution in [1.82, 2.24) is 0 Å². The molecule has 0 spiro atoms. The fourth-order valence-corrected chi connectivity index (χ4v) is 0.571. The van der Waals surface area contributed by atoms with Gasteiger partial charge in [-0.25, -0.2) is 4.79 Å². The van der Waals surface area contributed by atoms with Gasteiger partial charge in [0.2, 0.25) is 0 Å². The summed E-state index contributed by atoms with van der Waals surface area (Å²) in [6.45, 7) is 3.07. The fourth-order valence-electron chi connectivity index (χ4n) is 0.571. The van der Waals surface area contributed by atoms with Crippen LogP contribution < -0.4 is 11.5 Å². The van der Waals surface area contributed by atoms with E-state index in [9.17, 15) is 0 Å². The van der Waals surface area contributed by atoms with E-state index in [4.69, 9.17) is 15.6 Å². The van der Waals surface area contributed by atoms with Crippen molar-refractivity contribution in [3.63, 3.8) is 0 Å². The Labute approximate surface area is 67.6 Å². The smallest absolute Gasteiger partial charge is 0.402 e. The van der Waals surface area contributed by atoms with Gasteiger partial charge in [0.1, 0.15) is 0 Å². The van der Waals surface area contributed by atoms with Gasteiger partial charge in [-0.2, -0.15) is 0 Å². The van der Waals surface area contributed by atoms with E-state index in [2.05, 4.69) is 12.7 Å². The van der Waals surface area contributed by atoms with Gasteiger partial charge in [-0.05, 0) is 13.0 Å². The van der Waals surface area contributed by atoms with Gasteiger partial charge in [-0.15, -0.1) is 0 Å². The predicted octanol–water partition coefficient (Wildman–Crippen LogP) is 1.15. The Kier molecular flexibility index (Phi) is 14.0. The van der Waals surface area contributed by atoms with Crippen LogP contribution >= 0.6 is 0 Å². The van der Waals surface area contributed by atoms with Gasteiger partial charge in [0.15, 0.2) is 0 Å². The van der Waals surface area contributed by atoms with E-state index in [-0.39, 0.29) is 0 Å². The van der Waals surface area contributed by atoms with Crippen LogP contribution in [0.25, 0.3) is 0 Å². The molecule has 0 aromatic carbocycles. The molecule has 4 heteroatoms. The minimum absolute atomic E-state index is 0.861. The highest BCUT2D eigenvalue weighted by molar-refractivity contribution is 5.61. The minimum atomic E-state index is -1.33. The fraction of sp³-hybridized carbons (Fsp3) is 0.857. The van der Waals surface area contributed by atoms with Gasteiger partial charge in [-0.1, -0.05) is 26.2 Å². The van der Waals surface area contributed by atoms with Crippen molar-refractivity contribution in [3.05, 3.63) is 0 Å². The number of primary amides is 1. The van der Waals surface area contributed by atoms with E-state index in [1.165, 1.54) is 25.7 Å². The molecule has 0 fully saturated rings. The number of rotatable bonds is 4. The molecule has 0 aliphatic heterocycles. The quantitative estimate of drug-likeness (QED) is 0.541. The van der Waals surface area contributed by atoms with Crippen molar-refractivity contribution in [2.45, 2.75) is 32.6 Å². The van der Waals surface area contributed by atoms with E-state index in [1.54, 1.807) is 0 Å². The first-order valence-electron chi connectivity index (χ1n) is 3.83. The molecule has 0 unspecified atom stereocenters. The number of carbonyl (C=O) groups is 1. The van der Waals surface area contributed by atoms with Gasteiger partial charge < -0.3 is 16.6 Å². The highest BCUT2D eigenvalue weighted by Crippen LogP contribution is 1.95. The van der Waals surface area contributed by atoms with Crippen LogP contribution in [0.5, 0.6) is 0 Å². The third kappa shape index (κ3) is 46.2. The van der Waals surface area contributed by atoms with Crippen LogP contribution in [0.4, 0.5) is 4.79 Å². The molecule has 68 valence electrons. The zero-order chi connectivity index (χ0) is 9.11. The average Bonchev–Trinajstić information content (AvgIpc) is 1.88. The zero-order valence-electron chi connectivity index (χ0n) is 7.05. The molecular weight excluding hydrogens is 144 g/mol. The Hall–Kier alpha value is -0.770. The second kappa shape index (κ2) is 12.0. The molecule has 1 amide bonds. The molecule has 0 saturated heterocycles. The number of hydrogen-bond donors (Lipinski definition) is 3. The maximum Gasteiger partial charge on any atom is 0.402 e. The topological polar surface area (TPSA) is 89.3 Å². The average molecular weight is 162 g/mol. The second-order valence-corrected chi connectivity index (χ2v) is 2.19. The summed E-state index contributed by atoms with van der Waals surface area (Å²) >= 11 is 0. The van der Waals surface area contributed by atoms with E-state index in [0.29, 0.717) is 0 Å². The Balaban J connectivity index is 0. The van der Waals surface area contributed by atoms with Crippen molar-refractivity contribution >= 4 is 6.09 Å². The zero-order valence-corrected chi connectivity index (χ0v) is 7.05. The lowest BCUT2D eigenvalue weighted by Gasteiger charge is -1.90. The summed E-state index contributed by atoms with van der Waals surface area (Å²) in [6, 6.07) is 0. The van der Waals surface area contributed by atoms with Crippen molar-refractivity contribution in [3.8, 4) is 0 Å². The van der Waals surface area contributed by atoms with Crippen LogP contribution in [0.2, 0.25) is 0 Å². The maximum atomic E-state index is 8.78. The standard InChI is InChI=1S/C6H15N.CH3NO2/c1-2-3-4-5-6-7;2-1(3)4/h2-7H2,1H3;2H2,(H,3,4). The normalized spacial score (nSPS) is 8.18. The Bertz CT molecular complexity index is 78.5. The molecule has 11 heavy (non-hydrogen) atoms. The molecule has 0 radical (unpaired) electrons. The van der Waals surface area contributed by atoms with E-state index in [0.717, 1.165) is 6.54 Å². The van der Waals surface area contributed by atoms with Crippen LogP contribution in [-0.2, 0) is 0 Å². The molecule has 0 bridgehead atoms. The van der Waals surface area contributed by atoms with Gasteiger partial charge in [0, 0.05) is 0 Å². The second-order valence-electron chi connectivity index (χ2n) is 2.19. The van der Waals surface area contributed by atoms with Crippen LogP contribution in [0.3, 0.4) is 0 Å². The highest BCUT2D eigenvalue weighted by atomic mass is 16.4. The molecule has 0 rings (SSSR count). The number of amides is 1. The van der Waals surface area contributed by atoms with Crippen LogP contribution in [0.15, 0.2) is 0 Å². The van der Waals surface area contributed by atoms with Crippen molar-refractivity contribution in [2.24, 2.45) is 11.5 Å². The summed E-state index contributed by atoms with van der Waals surface area (Å²) < 4.78 is 0. The number of carboxylic acid groups (broad SMARTS) is 1. The molecule has 0 heterocycles. The summed E-state index contributed by atoms with van der Waals surface area (Å²) in [5.41, 5.74) is 9.30. The molecule has 0 aromatic heterocycles. The first kappa shape index (κ1) is 12.9. The van der Waals surface area contributed by atoms with Gasteiger partial charge in [0.25, 0.3) is 0 Å². The van der Waals surface area contributed by atoms with E-state index < -0.39 is 6.09 Å². The predicted molar refractivity (Wildman–Crippen MR) is 45.4 cm³/mol. The minimum Gasteiger partial charge on any atom is -0.465 e. The molecule has 0 saturated carbocycles. The van der Waals surface area contributed by atoms with Gasteiger partial charge >= 0.3 is 6.09 Å². The highest BCUT2D eigenvalue weighted by Gasteiger charge is 1.80. The first-order chi connectivity index (χ1) is 5.15. The van der Waals surface area contributed by atoms with Crippen molar-refractivity contribution < 1.29 is 9.90 Å². The van der Waals surface area contributed by atoms with Crippen LogP contribution in [0.1, 0.15) is 32.6 Å². The Morgan fingerprint density at radius 2 is 1.82 bits per heavy atom. The summed E-state index contributed by atoms with van der Waals surface area (Å²) in [7, 11) is 0. The summed E-state index contributed by atoms with van der Waals surface area (Å²) in [5, 5.41) is 7.19. The van der Waals surface area contributed by atoms with Crippen molar-refractivity contribution in [1.29, 1.82) is 0 Å². The number of nitrogens with two attached hydrogens (primary N) is 2. The molecule has 4 nitrogen and oxygen atoms in total. The molecular formula is C7H18N2O2. The molecule has 0 aliphatic rings. The van der Waals surface area contributed by atoms with Gasteiger partial charge in [-0.3, -0.25) is 0 Å². The maximum absolute atomic E-state index is 8.78. The number of hydrogen-bond acceptors (Lipinski definition) is 2. The SMILES string of the molecule is CCCCCCN.NC(=O)O. The van der Waals surface area contributed by atoms with Crippen LogP contribution in [-0.4, -0.2) is 17.7 Å². The molecule has 0 aromatic rings.